The molecule has 5 nitrogen and oxygen atoms in total. The molecule has 0 bridgehead atoms. The summed E-state index contributed by atoms with van der Waals surface area (Å²) < 4.78 is 0. The van der Waals surface area contributed by atoms with E-state index in [2.05, 4.69) is 20.2 Å². The Balaban J connectivity index is 2.32. The van der Waals surface area contributed by atoms with Crippen LogP contribution in [0.5, 0.6) is 0 Å². The first-order valence-corrected chi connectivity index (χ1v) is 6.64. The molecule has 0 amide bonds. The highest BCUT2D eigenvalue weighted by atomic mass is 16.3. The predicted molar refractivity (Wildman–Crippen MR) is 73.0 cm³/mol. The first kappa shape index (κ1) is 13.1. The number of aliphatic hydroxyl groups excluding tert-OH is 1. The Kier molecular flexibility index (Phi) is 4.36. The molecule has 100 valence electrons. The minimum atomic E-state index is 0.186. The van der Waals surface area contributed by atoms with Gasteiger partial charge in [0.2, 0.25) is 0 Å². The Morgan fingerprint density at radius 3 is 2.94 bits per heavy atom. The zero-order chi connectivity index (χ0) is 13.0. The molecule has 18 heavy (non-hydrogen) atoms. The molecule has 0 radical (unpaired) electrons. The largest absolute Gasteiger partial charge is 0.394 e. The molecule has 2 heterocycles. The maximum atomic E-state index is 9.56. The zero-order valence-corrected chi connectivity index (χ0v) is 11.2. The molecule has 2 N–H and O–H groups in total. The van der Waals surface area contributed by atoms with Crippen molar-refractivity contribution in [1.29, 1.82) is 0 Å². The van der Waals surface area contributed by atoms with Crippen LogP contribution in [0.3, 0.4) is 0 Å². The van der Waals surface area contributed by atoms with E-state index in [1.54, 1.807) is 6.33 Å². The highest BCUT2D eigenvalue weighted by molar-refractivity contribution is 5.58. The molecule has 0 aromatic carbocycles. The van der Waals surface area contributed by atoms with Crippen molar-refractivity contribution in [2.24, 2.45) is 0 Å². The second kappa shape index (κ2) is 6.00. The molecule has 1 aliphatic rings. The summed E-state index contributed by atoms with van der Waals surface area (Å²) in [5.41, 5.74) is 1.06. The van der Waals surface area contributed by atoms with Crippen LogP contribution in [0.2, 0.25) is 0 Å². The second-order valence-corrected chi connectivity index (χ2v) is 4.80. The summed E-state index contributed by atoms with van der Waals surface area (Å²) in [6.07, 6.45) is 6.21. The molecule has 1 aliphatic heterocycles. The topological polar surface area (TPSA) is 61.3 Å². The number of anilines is 2. The molecule has 0 aliphatic carbocycles. The van der Waals surface area contributed by atoms with E-state index in [1.165, 1.54) is 12.8 Å². The highest BCUT2D eigenvalue weighted by Gasteiger charge is 2.23. The Bertz CT molecular complexity index is 397. The lowest BCUT2D eigenvalue weighted by Crippen LogP contribution is -2.38. The Hall–Kier alpha value is -1.36. The van der Waals surface area contributed by atoms with Crippen LogP contribution in [-0.2, 0) is 0 Å². The Labute approximate surface area is 108 Å². The minimum Gasteiger partial charge on any atom is -0.394 e. The predicted octanol–water partition coefficient (Wildman–Crippen LogP) is 1.57. The van der Waals surface area contributed by atoms with Gasteiger partial charge in [0.05, 0.1) is 12.6 Å². The number of hydrogen-bond donors (Lipinski definition) is 2. The number of nitrogens with one attached hydrogen (secondary N) is 1. The van der Waals surface area contributed by atoms with Crippen molar-refractivity contribution in [1.82, 2.24) is 9.97 Å². The molecule has 1 aromatic heterocycles. The van der Waals surface area contributed by atoms with Crippen LogP contribution in [0.4, 0.5) is 11.6 Å². The van der Waals surface area contributed by atoms with Crippen molar-refractivity contribution < 1.29 is 5.11 Å². The monoisotopic (exact) mass is 250 g/mol. The Morgan fingerprint density at radius 1 is 1.39 bits per heavy atom. The van der Waals surface area contributed by atoms with E-state index in [-0.39, 0.29) is 12.6 Å². The summed E-state index contributed by atoms with van der Waals surface area (Å²) in [7, 11) is 1.87. The molecular weight excluding hydrogens is 228 g/mol. The molecule has 1 unspecified atom stereocenters. The van der Waals surface area contributed by atoms with Gasteiger partial charge in [-0.2, -0.15) is 0 Å². The van der Waals surface area contributed by atoms with E-state index >= 15 is 0 Å². The van der Waals surface area contributed by atoms with E-state index in [0.29, 0.717) is 0 Å². The van der Waals surface area contributed by atoms with Gasteiger partial charge in [0.25, 0.3) is 0 Å². The standard InChI is InChI=1S/C13H22N4O/c1-10-12(14-2)15-9-16-13(10)17-7-5-3-4-6-11(17)8-18/h9,11,18H,3-8H2,1-2H3,(H,14,15,16). The fourth-order valence-corrected chi connectivity index (χ4v) is 2.63. The number of aromatic nitrogens is 2. The maximum Gasteiger partial charge on any atom is 0.137 e. The van der Waals surface area contributed by atoms with Crippen LogP contribution >= 0.6 is 0 Å². The van der Waals surface area contributed by atoms with Gasteiger partial charge in [-0.3, -0.25) is 0 Å². The van der Waals surface area contributed by atoms with E-state index in [9.17, 15) is 5.11 Å². The highest BCUT2D eigenvalue weighted by Crippen LogP contribution is 2.27. The van der Waals surface area contributed by atoms with Crippen LogP contribution in [0, 0.1) is 6.92 Å². The summed E-state index contributed by atoms with van der Waals surface area (Å²) in [5, 5.41) is 12.6. The maximum absolute atomic E-state index is 9.56. The molecule has 0 spiro atoms. The van der Waals surface area contributed by atoms with Crippen molar-refractivity contribution in [2.75, 3.05) is 30.4 Å². The lowest BCUT2D eigenvalue weighted by Gasteiger charge is -2.31. The second-order valence-electron chi connectivity index (χ2n) is 4.80. The third kappa shape index (κ3) is 2.56. The van der Waals surface area contributed by atoms with Crippen molar-refractivity contribution in [2.45, 2.75) is 38.6 Å². The van der Waals surface area contributed by atoms with E-state index in [1.807, 2.05) is 14.0 Å². The van der Waals surface area contributed by atoms with Crippen LogP contribution < -0.4 is 10.2 Å². The molecule has 2 rings (SSSR count). The first-order chi connectivity index (χ1) is 8.77. The van der Waals surface area contributed by atoms with Gasteiger partial charge in [0, 0.05) is 19.2 Å². The van der Waals surface area contributed by atoms with Crippen LogP contribution in [0.1, 0.15) is 31.2 Å². The van der Waals surface area contributed by atoms with Gasteiger partial charge in [-0.25, -0.2) is 9.97 Å². The molecule has 1 atom stereocenters. The van der Waals surface area contributed by atoms with Gasteiger partial charge < -0.3 is 15.3 Å². The lowest BCUT2D eigenvalue weighted by atomic mass is 10.1. The normalized spacial score (nSPS) is 20.6. The summed E-state index contributed by atoms with van der Waals surface area (Å²) in [4.78, 5) is 10.9. The average molecular weight is 250 g/mol. The fourth-order valence-electron chi connectivity index (χ4n) is 2.63. The molecule has 1 saturated heterocycles. The third-order valence-corrected chi connectivity index (χ3v) is 3.65. The smallest absolute Gasteiger partial charge is 0.137 e. The lowest BCUT2D eigenvalue weighted by molar-refractivity contribution is 0.254. The van der Waals surface area contributed by atoms with Crippen molar-refractivity contribution in [3.63, 3.8) is 0 Å². The molecular formula is C13H22N4O. The van der Waals surface area contributed by atoms with Gasteiger partial charge >= 0.3 is 0 Å². The van der Waals surface area contributed by atoms with E-state index in [0.717, 1.165) is 36.6 Å². The minimum absolute atomic E-state index is 0.186. The van der Waals surface area contributed by atoms with E-state index < -0.39 is 0 Å². The number of nitrogens with zero attached hydrogens (tertiary/aromatic N) is 3. The summed E-state index contributed by atoms with van der Waals surface area (Å²) in [5.74, 6) is 1.82. The van der Waals surface area contributed by atoms with Crippen molar-refractivity contribution >= 4 is 11.6 Å². The summed E-state index contributed by atoms with van der Waals surface area (Å²) in [6.45, 7) is 3.19. The number of rotatable bonds is 3. The average Bonchev–Trinajstić information content (AvgIpc) is 2.64. The van der Waals surface area contributed by atoms with E-state index in [4.69, 9.17) is 0 Å². The van der Waals surface area contributed by atoms with Crippen molar-refractivity contribution in [3.05, 3.63) is 11.9 Å². The summed E-state index contributed by atoms with van der Waals surface area (Å²) in [6, 6.07) is 0.186. The summed E-state index contributed by atoms with van der Waals surface area (Å²) >= 11 is 0. The quantitative estimate of drug-likeness (QED) is 0.852. The zero-order valence-electron chi connectivity index (χ0n) is 11.2. The Morgan fingerprint density at radius 2 is 2.22 bits per heavy atom. The molecule has 0 saturated carbocycles. The van der Waals surface area contributed by atoms with Gasteiger partial charge in [0.1, 0.15) is 18.0 Å². The number of aliphatic hydroxyl groups is 1. The van der Waals surface area contributed by atoms with Gasteiger partial charge in [-0.05, 0) is 19.8 Å². The fraction of sp³-hybridized carbons (Fsp3) is 0.692. The van der Waals surface area contributed by atoms with Crippen LogP contribution in [0.25, 0.3) is 0 Å². The third-order valence-electron chi connectivity index (χ3n) is 3.65. The number of hydrogen-bond acceptors (Lipinski definition) is 5. The van der Waals surface area contributed by atoms with Crippen LogP contribution in [0.15, 0.2) is 6.33 Å². The van der Waals surface area contributed by atoms with Crippen LogP contribution in [-0.4, -0.2) is 41.3 Å². The van der Waals surface area contributed by atoms with Gasteiger partial charge in [-0.15, -0.1) is 0 Å². The van der Waals surface area contributed by atoms with Gasteiger partial charge in [0.15, 0.2) is 0 Å². The van der Waals surface area contributed by atoms with Gasteiger partial charge in [-0.1, -0.05) is 12.8 Å². The molecule has 1 aromatic rings. The van der Waals surface area contributed by atoms with Crippen molar-refractivity contribution in [3.8, 4) is 0 Å². The molecule has 1 fully saturated rings. The SMILES string of the molecule is CNc1ncnc(N2CCCCCC2CO)c1C. The molecule has 5 heteroatoms. The first-order valence-electron chi connectivity index (χ1n) is 6.64.